The minimum atomic E-state index is -3.62. The maximum absolute atomic E-state index is 12.2. The van der Waals surface area contributed by atoms with E-state index in [0.29, 0.717) is 29.5 Å². The van der Waals surface area contributed by atoms with Crippen molar-refractivity contribution < 1.29 is 17.9 Å². The molecule has 0 bridgehead atoms. The van der Waals surface area contributed by atoms with Gasteiger partial charge in [-0.1, -0.05) is 29.5 Å². The van der Waals surface area contributed by atoms with E-state index in [1.807, 2.05) is 30.6 Å². The Morgan fingerprint density at radius 1 is 1.12 bits per heavy atom. The van der Waals surface area contributed by atoms with Gasteiger partial charge in [0, 0.05) is 22.7 Å². The fraction of sp³-hybridized carbons (Fsp3) is 0.261. The van der Waals surface area contributed by atoms with E-state index in [4.69, 9.17) is 21.1 Å². The van der Waals surface area contributed by atoms with E-state index >= 15 is 0 Å². The molecule has 3 rings (SSSR count). The molecule has 0 spiro atoms. The number of sulfonamides is 1. The van der Waals surface area contributed by atoms with Crippen LogP contribution in [0.5, 0.6) is 11.5 Å². The molecule has 168 valence electrons. The first kappa shape index (κ1) is 24.1. The van der Waals surface area contributed by atoms with Gasteiger partial charge in [-0.25, -0.2) is 13.4 Å². The second-order valence-electron chi connectivity index (χ2n) is 6.75. The van der Waals surface area contributed by atoms with E-state index in [-0.39, 0.29) is 11.4 Å². The molecule has 0 radical (unpaired) electrons. The summed E-state index contributed by atoms with van der Waals surface area (Å²) < 4.78 is 38.2. The van der Waals surface area contributed by atoms with Gasteiger partial charge in [-0.2, -0.15) is 4.72 Å². The van der Waals surface area contributed by atoms with Gasteiger partial charge in [0.05, 0.1) is 36.4 Å². The van der Waals surface area contributed by atoms with Crippen LogP contribution in [-0.2, 0) is 22.9 Å². The molecule has 1 aromatic heterocycles. The molecule has 0 aliphatic heterocycles. The number of hydrogen-bond acceptors (Lipinski definition) is 6. The summed E-state index contributed by atoms with van der Waals surface area (Å²) in [6.07, 6.45) is 1.25. The third-order valence-electron chi connectivity index (χ3n) is 4.55. The van der Waals surface area contributed by atoms with Crippen LogP contribution in [0.1, 0.15) is 16.1 Å². The van der Waals surface area contributed by atoms with Crippen LogP contribution in [0.2, 0.25) is 5.02 Å². The van der Waals surface area contributed by atoms with Crippen LogP contribution in [0.4, 0.5) is 0 Å². The summed E-state index contributed by atoms with van der Waals surface area (Å²) >= 11 is 7.42. The number of methoxy groups -OCH3 is 1. The first-order chi connectivity index (χ1) is 15.4. The molecule has 1 N–H and O–H groups in total. The molecule has 6 nitrogen and oxygen atoms in total. The van der Waals surface area contributed by atoms with E-state index in [1.54, 1.807) is 18.4 Å². The third kappa shape index (κ3) is 6.71. The number of benzene rings is 2. The molecule has 0 atom stereocenters. The number of ether oxygens (including phenoxy) is 2. The van der Waals surface area contributed by atoms with Crippen molar-refractivity contribution in [3.63, 3.8) is 0 Å². The molecular formula is C23H23ClN2O4S2. The zero-order valence-corrected chi connectivity index (χ0v) is 20.1. The summed E-state index contributed by atoms with van der Waals surface area (Å²) in [5, 5.41) is 0.477. The highest BCUT2D eigenvalue weighted by molar-refractivity contribution is 7.89. The van der Waals surface area contributed by atoms with Crippen LogP contribution in [0, 0.1) is 18.8 Å². The molecule has 9 heteroatoms. The lowest BCUT2D eigenvalue weighted by atomic mass is 10.1. The largest absolute Gasteiger partial charge is 0.493 e. The van der Waals surface area contributed by atoms with E-state index in [1.165, 1.54) is 29.1 Å². The van der Waals surface area contributed by atoms with Gasteiger partial charge in [-0.3, -0.25) is 0 Å². The number of hydrogen-bond donors (Lipinski definition) is 1. The lowest BCUT2D eigenvalue weighted by Gasteiger charge is -2.11. The smallest absolute Gasteiger partial charge is 0.241 e. The van der Waals surface area contributed by atoms with Crippen LogP contribution in [0.3, 0.4) is 0 Å². The molecule has 1 heterocycles. The normalized spacial score (nSPS) is 11.0. The van der Waals surface area contributed by atoms with Crippen LogP contribution < -0.4 is 14.2 Å². The average Bonchev–Trinajstić information content (AvgIpc) is 3.19. The molecule has 0 aliphatic carbocycles. The molecule has 0 saturated heterocycles. The Balaban J connectivity index is 1.51. The molecule has 0 fully saturated rings. The number of aryl methyl sites for hydroxylation is 1. The van der Waals surface area contributed by atoms with E-state index < -0.39 is 10.0 Å². The SMILES string of the molecule is COc1cc(CC#CCNS(=O)(=O)c2ccc(Cl)cc2)ccc1OCCc1scnc1C. The Labute approximate surface area is 197 Å². The van der Waals surface area contributed by atoms with Crippen molar-refractivity contribution in [1.29, 1.82) is 0 Å². The van der Waals surface area contributed by atoms with Crippen molar-refractivity contribution in [2.45, 2.75) is 24.7 Å². The van der Waals surface area contributed by atoms with Gasteiger partial charge in [0.1, 0.15) is 0 Å². The first-order valence-electron chi connectivity index (χ1n) is 9.78. The average molecular weight is 491 g/mol. The monoisotopic (exact) mass is 490 g/mol. The molecule has 32 heavy (non-hydrogen) atoms. The van der Waals surface area contributed by atoms with Gasteiger partial charge < -0.3 is 9.47 Å². The van der Waals surface area contributed by atoms with Crippen molar-refractivity contribution in [2.75, 3.05) is 20.3 Å². The van der Waals surface area contributed by atoms with Gasteiger partial charge in [-0.05, 0) is 48.9 Å². The van der Waals surface area contributed by atoms with Crippen molar-refractivity contribution in [2.24, 2.45) is 0 Å². The molecule has 0 saturated carbocycles. The Hall–Kier alpha value is -2.57. The van der Waals surface area contributed by atoms with E-state index in [0.717, 1.165) is 17.7 Å². The summed E-state index contributed by atoms with van der Waals surface area (Å²) in [7, 11) is -2.02. The quantitative estimate of drug-likeness (QED) is 0.453. The number of halogens is 1. The van der Waals surface area contributed by atoms with E-state index in [2.05, 4.69) is 21.5 Å². The van der Waals surface area contributed by atoms with Crippen LogP contribution in [0.25, 0.3) is 0 Å². The first-order valence-corrected chi connectivity index (χ1v) is 12.5. The minimum Gasteiger partial charge on any atom is -0.493 e. The number of thiazole rings is 1. The van der Waals surface area contributed by atoms with Gasteiger partial charge in [-0.15, -0.1) is 11.3 Å². The van der Waals surface area contributed by atoms with Gasteiger partial charge >= 0.3 is 0 Å². The Morgan fingerprint density at radius 3 is 2.59 bits per heavy atom. The summed E-state index contributed by atoms with van der Waals surface area (Å²) in [4.78, 5) is 5.60. The minimum absolute atomic E-state index is 0.0142. The topological polar surface area (TPSA) is 77.5 Å². The zero-order valence-electron chi connectivity index (χ0n) is 17.7. The summed E-state index contributed by atoms with van der Waals surface area (Å²) in [5.74, 6) is 7.11. The molecule has 0 unspecified atom stereocenters. The lowest BCUT2D eigenvalue weighted by molar-refractivity contribution is 0.298. The number of rotatable bonds is 9. The number of aromatic nitrogens is 1. The summed E-state index contributed by atoms with van der Waals surface area (Å²) in [6.45, 7) is 2.54. The van der Waals surface area contributed by atoms with Crippen molar-refractivity contribution >= 4 is 33.0 Å². The Morgan fingerprint density at radius 2 is 1.91 bits per heavy atom. The molecule has 3 aromatic rings. The fourth-order valence-electron chi connectivity index (χ4n) is 2.82. The zero-order chi connectivity index (χ0) is 23.0. The fourth-order valence-corrected chi connectivity index (χ4v) is 4.63. The predicted octanol–water partition coefficient (Wildman–Crippen LogP) is 4.26. The van der Waals surface area contributed by atoms with Crippen molar-refractivity contribution in [3.8, 4) is 23.3 Å². The predicted molar refractivity (Wildman–Crippen MR) is 127 cm³/mol. The highest BCUT2D eigenvalue weighted by Gasteiger charge is 2.12. The number of nitrogens with one attached hydrogen (secondary N) is 1. The Kier molecular flexibility index (Phi) is 8.53. The summed E-state index contributed by atoms with van der Waals surface area (Å²) in [6, 6.07) is 11.6. The van der Waals surface area contributed by atoms with Gasteiger partial charge in [0.2, 0.25) is 10.0 Å². The van der Waals surface area contributed by atoms with Crippen LogP contribution in [-0.4, -0.2) is 33.7 Å². The second-order valence-corrected chi connectivity index (χ2v) is 9.90. The molecule has 2 aromatic carbocycles. The van der Waals surface area contributed by atoms with Gasteiger partial charge in [0.25, 0.3) is 0 Å². The van der Waals surface area contributed by atoms with Crippen molar-refractivity contribution in [3.05, 3.63) is 69.1 Å². The van der Waals surface area contributed by atoms with E-state index in [9.17, 15) is 8.42 Å². The molecular weight excluding hydrogens is 468 g/mol. The highest BCUT2D eigenvalue weighted by Crippen LogP contribution is 2.28. The Bertz CT molecular complexity index is 1210. The van der Waals surface area contributed by atoms with Crippen LogP contribution in [0.15, 0.2) is 52.9 Å². The third-order valence-corrected chi connectivity index (χ3v) is 7.22. The maximum Gasteiger partial charge on any atom is 0.241 e. The highest BCUT2D eigenvalue weighted by atomic mass is 35.5. The molecule has 0 amide bonds. The summed E-state index contributed by atoms with van der Waals surface area (Å²) in [5.41, 5.74) is 3.82. The molecule has 0 aliphatic rings. The standard InChI is InChI=1S/C23H23ClN2O4S2/c1-17-23(31-16-25-17)12-14-30-21-11-6-18(15-22(21)29-2)5-3-4-13-26-32(27,28)20-9-7-19(24)8-10-20/h6-11,15-16,26H,5,12-14H2,1-2H3. The van der Waals surface area contributed by atoms with Crippen LogP contribution >= 0.6 is 22.9 Å². The van der Waals surface area contributed by atoms with Gasteiger partial charge in [0.15, 0.2) is 11.5 Å². The van der Waals surface area contributed by atoms with Crippen molar-refractivity contribution in [1.82, 2.24) is 9.71 Å². The second kappa shape index (κ2) is 11.3. The number of nitrogens with zero attached hydrogens (tertiary/aromatic N) is 1. The lowest BCUT2D eigenvalue weighted by Crippen LogP contribution is -2.23. The maximum atomic E-state index is 12.2.